The summed E-state index contributed by atoms with van der Waals surface area (Å²) in [6, 6.07) is 12.3. The van der Waals surface area contributed by atoms with Crippen LogP contribution in [0.15, 0.2) is 42.5 Å². The number of nitrogens with zero attached hydrogens (tertiary/aromatic N) is 2. The van der Waals surface area contributed by atoms with E-state index in [0.29, 0.717) is 11.3 Å². The molecule has 0 saturated carbocycles. The minimum atomic E-state index is -0.410. The van der Waals surface area contributed by atoms with Crippen molar-refractivity contribution < 1.29 is 9.72 Å². The largest absolute Gasteiger partial charge is 0.366 e. The molecule has 0 aromatic heterocycles. The Bertz CT molecular complexity index is 827. The molecular weight excluding hydrogens is 330 g/mol. The van der Waals surface area contributed by atoms with Crippen molar-refractivity contribution in [2.45, 2.75) is 32.6 Å². The van der Waals surface area contributed by atoms with Crippen molar-refractivity contribution in [3.8, 4) is 0 Å². The lowest BCUT2D eigenvalue weighted by atomic mass is 10.0. The summed E-state index contributed by atoms with van der Waals surface area (Å²) in [6.07, 6.45) is 2.07. The maximum Gasteiger partial charge on any atom is 0.293 e. The molecule has 2 aromatic rings. The first-order valence-electron chi connectivity index (χ1n) is 8.91. The molecule has 6 nitrogen and oxygen atoms in total. The van der Waals surface area contributed by atoms with Gasteiger partial charge in [-0.05, 0) is 42.5 Å². The molecule has 26 heavy (non-hydrogen) atoms. The van der Waals surface area contributed by atoms with Gasteiger partial charge >= 0.3 is 0 Å². The second-order valence-corrected chi connectivity index (χ2v) is 6.85. The molecule has 0 atom stereocenters. The first kappa shape index (κ1) is 17.9. The number of amides is 1. The van der Waals surface area contributed by atoms with E-state index in [4.69, 9.17) is 0 Å². The molecule has 0 aliphatic carbocycles. The lowest BCUT2D eigenvalue weighted by molar-refractivity contribution is -0.384. The van der Waals surface area contributed by atoms with Crippen LogP contribution >= 0.6 is 0 Å². The number of anilines is 2. The van der Waals surface area contributed by atoms with Gasteiger partial charge in [-0.2, -0.15) is 0 Å². The standard InChI is InChI=1S/C20H23N3O3/c1-14(2)16-7-3-4-8-17(16)21-20(24)15-9-10-18(19(13-15)23(25)26)22-11-5-6-12-22/h3-4,7-10,13-14H,5-6,11-12H2,1-2H3,(H,21,24). The summed E-state index contributed by atoms with van der Waals surface area (Å²) in [4.78, 5) is 25.7. The zero-order valence-electron chi connectivity index (χ0n) is 15.1. The van der Waals surface area contributed by atoms with Crippen LogP contribution in [0.2, 0.25) is 0 Å². The van der Waals surface area contributed by atoms with E-state index in [-0.39, 0.29) is 17.5 Å². The first-order valence-corrected chi connectivity index (χ1v) is 8.91. The fourth-order valence-corrected chi connectivity index (χ4v) is 3.35. The molecule has 2 aromatic carbocycles. The molecular formula is C20H23N3O3. The Kier molecular flexibility index (Phi) is 5.21. The molecule has 136 valence electrons. The average Bonchev–Trinajstić information content (AvgIpc) is 3.16. The second kappa shape index (κ2) is 7.56. The van der Waals surface area contributed by atoms with E-state index >= 15 is 0 Å². The number of nitro benzene ring substituents is 1. The number of rotatable bonds is 5. The third kappa shape index (κ3) is 3.69. The SMILES string of the molecule is CC(C)c1ccccc1NC(=O)c1ccc(N2CCCC2)c([N+](=O)[O-])c1. The van der Waals surface area contributed by atoms with Gasteiger partial charge in [0, 0.05) is 30.4 Å². The Balaban J connectivity index is 1.88. The van der Waals surface area contributed by atoms with Crippen molar-refractivity contribution in [3.05, 3.63) is 63.7 Å². The van der Waals surface area contributed by atoms with E-state index in [9.17, 15) is 14.9 Å². The topological polar surface area (TPSA) is 75.5 Å². The highest BCUT2D eigenvalue weighted by atomic mass is 16.6. The van der Waals surface area contributed by atoms with Gasteiger partial charge in [-0.1, -0.05) is 32.0 Å². The van der Waals surface area contributed by atoms with Gasteiger partial charge in [0.15, 0.2) is 0 Å². The van der Waals surface area contributed by atoms with Gasteiger partial charge in [-0.25, -0.2) is 0 Å². The normalized spacial score (nSPS) is 13.9. The molecule has 1 heterocycles. The summed E-state index contributed by atoms with van der Waals surface area (Å²) in [7, 11) is 0. The Morgan fingerprint density at radius 2 is 1.85 bits per heavy atom. The van der Waals surface area contributed by atoms with E-state index in [0.717, 1.165) is 37.2 Å². The summed E-state index contributed by atoms with van der Waals surface area (Å²) < 4.78 is 0. The number of carbonyl (C=O) groups excluding carboxylic acids is 1. The third-order valence-corrected chi connectivity index (χ3v) is 4.71. The number of nitro groups is 1. The van der Waals surface area contributed by atoms with Gasteiger partial charge in [0.25, 0.3) is 11.6 Å². The van der Waals surface area contributed by atoms with E-state index in [1.807, 2.05) is 29.2 Å². The van der Waals surface area contributed by atoms with E-state index in [1.165, 1.54) is 6.07 Å². The maximum atomic E-state index is 12.6. The molecule has 6 heteroatoms. The fourth-order valence-electron chi connectivity index (χ4n) is 3.35. The van der Waals surface area contributed by atoms with Crippen LogP contribution < -0.4 is 10.2 Å². The maximum absolute atomic E-state index is 12.6. The number of carbonyl (C=O) groups is 1. The van der Waals surface area contributed by atoms with E-state index in [2.05, 4.69) is 19.2 Å². The smallest absolute Gasteiger partial charge is 0.293 e. The molecule has 1 N–H and O–H groups in total. The summed E-state index contributed by atoms with van der Waals surface area (Å²) in [5.74, 6) is -0.0763. The van der Waals surface area contributed by atoms with Gasteiger partial charge in [-0.15, -0.1) is 0 Å². The molecule has 0 bridgehead atoms. The molecule has 1 aliphatic heterocycles. The predicted octanol–water partition coefficient (Wildman–Crippen LogP) is 4.57. The summed E-state index contributed by atoms with van der Waals surface area (Å²) >= 11 is 0. The molecule has 0 spiro atoms. The van der Waals surface area contributed by atoms with Crippen LogP contribution in [0.5, 0.6) is 0 Å². The third-order valence-electron chi connectivity index (χ3n) is 4.71. The number of benzene rings is 2. The van der Waals surface area contributed by atoms with Gasteiger partial charge in [0.2, 0.25) is 0 Å². The number of hydrogen-bond acceptors (Lipinski definition) is 4. The van der Waals surface area contributed by atoms with Crippen molar-refractivity contribution in [1.29, 1.82) is 0 Å². The Labute approximate surface area is 153 Å². The van der Waals surface area contributed by atoms with Gasteiger partial charge < -0.3 is 10.2 Å². The Morgan fingerprint density at radius 3 is 2.50 bits per heavy atom. The highest BCUT2D eigenvalue weighted by Gasteiger charge is 2.24. The minimum absolute atomic E-state index is 0.0169. The van der Waals surface area contributed by atoms with Crippen molar-refractivity contribution in [1.82, 2.24) is 0 Å². The van der Waals surface area contributed by atoms with Crippen LogP contribution in [-0.4, -0.2) is 23.9 Å². The van der Waals surface area contributed by atoms with Crippen LogP contribution in [0.1, 0.15) is 48.5 Å². The van der Waals surface area contributed by atoms with Crippen molar-refractivity contribution in [3.63, 3.8) is 0 Å². The van der Waals surface area contributed by atoms with Crippen molar-refractivity contribution in [2.24, 2.45) is 0 Å². The van der Waals surface area contributed by atoms with Crippen molar-refractivity contribution >= 4 is 23.0 Å². The predicted molar refractivity (Wildman–Crippen MR) is 103 cm³/mol. The molecule has 0 unspecified atom stereocenters. The summed E-state index contributed by atoms with van der Waals surface area (Å²) in [5.41, 5.74) is 2.63. The highest BCUT2D eigenvalue weighted by Crippen LogP contribution is 2.32. The van der Waals surface area contributed by atoms with Gasteiger partial charge in [-0.3, -0.25) is 14.9 Å². The molecule has 1 aliphatic rings. The number of para-hydroxylation sites is 1. The fraction of sp³-hybridized carbons (Fsp3) is 0.350. The van der Waals surface area contributed by atoms with Crippen LogP contribution in [0.25, 0.3) is 0 Å². The second-order valence-electron chi connectivity index (χ2n) is 6.85. The Hall–Kier alpha value is -2.89. The molecule has 1 fully saturated rings. The average molecular weight is 353 g/mol. The van der Waals surface area contributed by atoms with Crippen LogP contribution in [0.3, 0.4) is 0 Å². The van der Waals surface area contributed by atoms with E-state index < -0.39 is 4.92 Å². The van der Waals surface area contributed by atoms with Crippen LogP contribution in [0.4, 0.5) is 17.1 Å². The molecule has 1 amide bonds. The van der Waals surface area contributed by atoms with E-state index in [1.54, 1.807) is 12.1 Å². The quantitative estimate of drug-likeness (QED) is 0.631. The Morgan fingerprint density at radius 1 is 1.15 bits per heavy atom. The summed E-state index contributed by atoms with van der Waals surface area (Å²) in [5, 5.41) is 14.4. The van der Waals surface area contributed by atoms with Gasteiger partial charge in [0.05, 0.1) is 4.92 Å². The van der Waals surface area contributed by atoms with Crippen LogP contribution in [-0.2, 0) is 0 Å². The number of nitrogens with one attached hydrogen (secondary N) is 1. The van der Waals surface area contributed by atoms with Crippen molar-refractivity contribution in [2.75, 3.05) is 23.3 Å². The lowest BCUT2D eigenvalue weighted by Gasteiger charge is -2.18. The van der Waals surface area contributed by atoms with Gasteiger partial charge in [0.1, 0.15) is 5.69 Å². The molecule has 3 rings (SSSR count). The highest BCUT2D eigenvalue weighted by molar-refractivity contribution is 6.05. The molecule has 0 radical (unpaired) electrons. The van der Waals surface area contributed by atoms with Crippen LogP contribution in [0, 0.1) is 10.1 Å². The zero-order chi connectivity index (χ0) is 18.7. The molecule has 1 saturated heterocycles. The summed E-state index contributed by atoms with van der Waals surface area (Å²) in [6.45, 7) is 5.74. The lowest BCUT2D eigenvalue weighted by Crippen LogP contribution is -2.20. The monoisotopic (exact) mass is 353 g/mol. The zero-order valence-corrected chi connectivity index (χ0v) is 15.1. The first-order chi connectivity index (χ1) is 12.5. The number of hydrogen-bond donors (Lipinski definition) is 1. The minimum Gasteiger partial charge on any atom is -0.366 e.